The second-order valence-electron chi connectivity index (χ2n) is 7.26. The Morgan fingerprint density at radius 3 is 2.48 bits per heavy atom. The molecule has 0 bridgehead atoms. The molecule has 31 heavy (non-hydrogen) atoms. The minimum atomic E-state index is -3.73. The summed E-state index contributed by atoms with van der Waals surface area (Å²) in [6.07, 6.45) is 2.30. The van der Waals surface area contributed by atoms with Crippen molar-refractivity contribution in [2.75, 3.05) is 25.5 Å². The second kappa shape index (κ2) is 10.3. The van der Waals surface area contributed by atoms with Gasteiger partial charge in [-0.1, -0.05) is 37.1 Å². The van der Waals surface area contributed by atoms with Crippen LogP contribution >= 0.6 is 11.6 Å². The summed E-state index contributed by atoms with van der Waals surface area (Å²) in [7, 11) is -2.31. The van der Waals surface area contributed by atoms with Crippen molar-refractivity contribution in [1.82, 2.24) is 4.31 Å². The number of hydrogen-bond donors (Lipinski definition) is 1. The van der Waals surface area contributed by atoms with Gasteiger partial charge in [0.25, 0.3) is 5.91 Å². The van der Waals surface area contributed by atoms with Crippen molar-refractivity contribution in [2.45, 2.75) is 43.6 Å². The Balaban J connectivity index is 1.82. The summed E-state index contributed by atoms with van der Waals surface area (Å²) in [6.45, 7) is 2.78. The number of rotatable bonds is 8. The molecule has 1 fully saturated rings. The molecule has 1 saturated heterocycles. The first-order valence-corrected chi connectivity index (χ1v) is 12.1. The summed E-state index contributed by atoms with van der Waals surface area (Å²) in [5.41, 5.74) is 0.350. The van der Waals surface area contributed by atoms with Gasteiger partial charge in [-0.15, -0.1) is 0 Å². The minimum Gasteiger partial charge on any atom is -0.495 e. The van der Waals surface area contributed by atoms with Crippen LogP contribution in [0, 0.1) is 0 Å². The largest absolute Gasteiger partial charge is 0.495 e. The molecule has 0 aromatic heterocycles. The van der Waals surface area contributed by atoms with Crippen LogP contribution in [0.3, 0.4) is 0 Å². The van der Waals surface area contributed by atoms with Crippen molar-refractivity contribution in [3.8, 4) is 11.5 Å². The van der Waals surface area contributed by atoms with E-state index in [2.05, 4.69) is 5.32 Å². The number of methoxy groups -OCH3 is 1. The monoisotopic (exact) mass is 466 g/mol. The fraction of sp³-hybridized carbons (Fsp3) is 0.409. The highest BCUT2D eigenvalue weighted by Crippen LogP contribution is 2.31. The van der Waals surface area contributed by atoms with Gasteiger partial charge in [0.2, 0.25) is 10.0 Å². The molecule has 1 aliphatic rings. The van der Waals surface area contributed by atoms with E-state index in [0.717, 1.165) is 19.3 Å². The first kappa shape index (κ1) is 23.4. The van der Waals surface area contributed by atoms with Gasteiger partial charge >= 0.3 is 0 Å². The molecule has 0 unspecified atom stereocenters. The number of carbonyl (C=O) groups is 1. The van der Waals surface area contributed by atoms with Crippen molar-refractivity contribution in [3.05, 3.63) is 47.5 Å². The van der Waals surface area contributed by atoms with E-state index >= 15 is 0 Å². The molecule has 0 saturated carbocycles. The summed E-state index contributed by atoms with van der Waals surface area (Å²) in [6, 6.07) is 11.5. The minimum absolute atomic E-state index is 0.0368. The average Bonchev–Trinajstić information content (AvgIpc) is 2.79. The lowest BCUT2D eigenvalue weighted by Crippen LogP contribution is -2.36. The molecule has 7 nitrogen and oxygen atoms in total. The van der Waals surface area contributed by atoms with Crippen LogP contribution in [0.4, 0.5) is 5.69 Å². The highest BCUT2D eigenvalue weighted by atomic mass is 35.5. The molecule has 9 heteroatoms. The number of ether oxygens (including phenoxy) is 2. The fourth-order valence-electron chi connectivity index (χ4n) is 3.44. The maximum atomic E-state index is 13.2. The SMILES string of the molecule is CC[C@@H](Oc1ccccc1Cl)C(=O)Nc1ccc(OC)c(S(=O)(=O)N2CCCCC2)c1. The van der Waals surface area contributed by atoms with E-state index in [-0.39, 0.29) is 10.6 Å². The molecule has 0 aliphatic carbocycles. The van der Waals surface area contributed by atoms with Crippen LogP contribution in [-0.2, 0) is 14.8 Å². The number of para-hydroxylation sites is 1. The van der Waals surface area contributed by atoms with Crippen molar-refractivity contribution < 1.29 is 22.7 Å². The lowest BCUT2D eigenvalue weighted by atomic mass is 10.2. The van der Waals surface area contributed by atoms with Crippen molar-refractivity contribution >= 4 is 33.2 Å². The standard InChI is InChI=1S/C22H27ClN2O5S/c1-3-18(30-19-10-6-5-9-17(19)23)22(26)24-16-11-12-20(29-2)21(15-16)31(27,28)25-13-7-4-8-14-25/h5-6,9-12,15,18H,3-4,7-8,13-14H2,1-2H3,(H,24,26)/t18-/m1/s1. The van der Waals surface area contributed by atoms with Gasteiger partial charge in [0, 0.05) is 18.8 Å². The molecule has 3 rings (SSSR count). The fourth-order valence-corrected chi connectivity index (χ4v) is 5.32. The molecule has 1 atom stereocenters. The number of amides is 1. The predicted octanol–water partition coefficient (Wildman–Crippen LogP) is 4.32. The number of benzene rings is 2. The summed E-state index contributed by atoms with van der Waals surface area (Å²) >= 11 is 6.13. The second-order valence-corrected chi connectivity index (χ2v) is 9.58. The van der Waals surface area contributed by atoms with Crippen molar-refractivity contribution in [1.29, 1.82) is 0 Å². The Morgan fingerprint density at radius 1 is 1.13 bits per heavy atom. The van der Waals surface area contributed by atoms with Crippen LogP contribution < -0.4 is 14.8 Å². The number of halogens is 1. The van der Waals surface area contributed by atoms with Crippen molar-refractivity contribution in [3.63, 3.8) is 0 Å². The topological polar surface area (TPSA) is 84.9 Å². The van der Waals surface area contributed by atoms with E-state index in [4.69, 9.17) is 21.1 Å². The van der Waals surface area contributed by atoms with Gasteiger partial charge in [0.15, 0.2) is 6.10 Å². The maximum Gasteiger partial charge on any atom is 0.265 e. The molecule has 168 valence electrons. The number of nitrogens with zero attached hydrogens (tertiary/aromatic N) is 1. The molecule has 1 aliphatic heterocycles. The molecular formula is C22H27ClN2O5S. The first-order valence-electron chi connectivity index (χ1n) is 10.3. The van der Waals surface area contributed by atoms with E-state index in [0.29, 0.717) is 36.0 Å². The molecule has 1 heterocycles. The highest BCUT2D eigenvalue weighted by Gasteiger charge is 2.29. The Kier molecular flexibility index (Phi) is 7.80. The van der Waals surface area contributed by atoms with Crippen LogP contribution in [0.5, 0.6) is 11.5 Å². The predicted molar refractivity (Wildman–Crippen MR) is 120 cm³/mol. The van der Waals surface area contributed by atoms with Gasteiger partial charge in [-0.3, -0.25) is 4.79 Å². The smallest absolute Gasteiger partial charge is 0.265 e. The van der Waals surface area contributed by atoms with E-state index in [1.54, 1.807) is 36.4 Å². The molecule has 0 spiro atoms. The Bertz CT molecular complexity index is 1020. The van der Waals surface area contributed by atoms with Gasteiger partial charge in [0.1, 0.15) is 16.4 Å². The summed E-state index contributed by atoms with van der Waals surface area (Å²) in [4.78, 5) is 12.8. The normalized spacial score (nSPS) is 15.8. The van der Waals surface area contributed by atoms with E-state index in [1.807, 2.05) is 6.92 Å². The Hall–Kier alpha value is -2.29. The number of sulfonamides is 1. The van der Waals surface area contributed by atoms with Crippen LogP contribution in [-0.4, -0.2) is 44.9 Å². The zero-order valence-electron chi connectivity index (χ0n) is 17.6. The van der Waals surface area contributed by atoms with E-state index < -0.39 is 22.0 Å². The molecule has 1 amide bonds. The van der Waals surface area contributed by atoms with Gasteiger partial charge in [-0.2, -0.15) is 4.31 Å². The summed E-state index contributed by atoms with van der Waals surface area (Å²) < 4.78 is 38.9. The van der Waals surface area contributed by atoms with Gasteiger partial charge in [0.05, 0.1) is 12.1 Å². The van der Waals surface area contributed by atoms with E-state index in [1.165, 1.54) is 17.5 Å². The van der Waals surface area contributed by atoms with Gasteiger partial charge < -0.3 is 14.8 Å². The molecule has 1 N–H and O–H groups in total. The first-order chi connectivity index (χ1) is 14.9. The van der Waals surface area contributed by atoms with Crippen LogP contribution in [0.15, 0.2) is 47.4 Å². The zero-order valence-corrected chi connectivity index (χ0v) is 19.2. The molecular weight excluding hydrogens is 440 g/mol. The Morgan fingerprint density at radius 2 is 1.84 bits per heavy atom. The number of hydrogen-bond acceptors (Lipinski definition) is 5. The van der Waals surface area contributed by atoms with Crippen LogP contribution in [0.25, 0.3) is 0 Å². The molecule has 2 aromatic carbocycles. The lowest BCUT2D eigenvalue weighted by Gasteiger charge is -2.26. The van der Waals surface area contributed by atoms with E-state index in [9.17, 15) is 13.2 Å². The zero-order chi connectivity index (χ0) is 22.4. The maximum absolute atomic E-state index is 13.2. The number of piperidine rings is 1. The van der Waals surface area contributed by atoms with Crippen LogP contribution in [0.1, 0.15) is 32.6 Å². The third-order valence-electron chi connectivity index (χ3n) is 5.13. The lowest BCUT2D eigenvalue weighted by molar-refractivity contribution is -0.122. The molecule has 0 radical (unpaired) electrons. The number of nitrogens with one attached hydrogen (secondary N) is 1. The third kappa shape index (κ3) is 5.50. The quantitative estimate of drug-likeness (QED) is 0.626. The summed E-state index contributed by atoms with van der Waals surface area (Å²) in [5, 5.41) is 3.16. The van der Waals surface area contributed by atoms with Gasteiger partial charge in [-0.25, -0.2) is 8.42 Å². The van der Waals surface area contributed by atoms with Crippen LogP contribution in [0.2, 0.25) is 5.02 Å². The average molecular weight is 467 g/mol. The number of anilines is 1. The number of carbonyl (C=O) groups excluding carboxylic acids is 1. The highest BCUT2D eigenvalue weighted by molar-refractivity contribution is 7.89. The third-order valence-corrected chi connectivity index (χ3v) is 7.37. The summed E-state index contributed by atoms with van der Waals surface area (Å²) in [5.74, 6) is 0.256. The van der Waals surface area contributed by atoms with Gasteiger partial charge in [-0.05, 0) is 49.6 Å². The Labute approximate surface area is 188 Å². The molecule has 2 aromatic rings. The van der Waals surface area contributed by atoms with Crippen molar-refractivity contribution in [2.24, 2.45) is 0 Å².